The Balaban J connectivity index is -0.000000245. The van der Waals surface area contributed by atoms with Gasteiger partial charge in [0, 0.05) is 0 Å². The average Bonchev–Trinajstić information content (AvgIpc) is 1.65. The number of nitrogens with one attached hydrogen (secondary N) is 1. The van der Waals surface area contributed by atoms with E-state index in [1.807, 2.05) is 0 Å². The van der Waals surface area contributed by atoms with Crippen LogP contribution < -0.4 is 11.1 Å². The van der Waals surface area contributed by atoms with E-state index < -0.39 is 18.5 Å². The maximum atomic E-state index is 9.96. The number of imide groups is 1. The number of hydrogen-bond donors (Lipinski definition) is 3. The molecule has 0 radical (unpaired) electrons. The van der Waals surface area contributed by atoms with E-state index in [0.717, 1.165) is 0 Å². The summed E-state index contributed by atoms with van der Waals surface area (Å²) in [6.45, 7) is -0.719. The maximum absolute atomic E-state index is 9.96. The van der Waals surface area contributed by atoms with Crippen molar-refractivity contribution in [2.75, 3.05) is 6.61 Å². The van der Waals surface area contributed by atoms with Gasteiger partial charge in [0.15, 0.2) is 0 Å². The molecule has 0 aromatic carbocycles. The molecule has 0 aliphatic heterocycles. The summed E-state index contributed by atoms with van der Waals surface area (Å²) in [5.41, 5.74) is 4.49. The number of carbonyl (C=O) groups excluding carboxylic acids is 2. The van der Waals surface area contributed by atoms with Gasteiger partial charge in [0.2, 0.25) is 0 Å². The Morgan fingerprint density at radius 1 is 1.50 bits per heavy atom. The van der Waals surface area contributed by atoms with Crippen molar-refractivity contribution in [1.82, 2.24) is 5.32 Å². The molecule has 0 saturated heterocycles. The first kappa shape index (κ1) is 16.7. The van der Waals surface area contributed by atoms with Gasteiger partial charge in [0.1, 0.15) is 6.61 Å². The van der Waals surface area contributed by atoms with Crippen LogP contribution in [0.25, 0.3) is 0 Å². The Kier molecular flexibility index (Phi) is 15.4. The zero-order chi connectivity index (χ0) is 6.57. The quantitative estimate of drug-likeness (QED) is 0.390. The molecule has 0 bridgehead atoms. The second kappa shape index (κ2) is 9.25. The van der Waals surface area contributed by atoms with Gasteiger partial charge in [0.05, 0.1) is 0 Å². The molecule has 10 heavy (non-hydrogen) atoms. The van der Waals surface area contributed by atoms with Crippen LogP contribution in [-0.2, 0) is 4.79 Å². The van der Waals surface area contributed by atoms with Crippen LogP contribution in [0.15, 0.2) is 0 Å². The van der Waals surface area contributed by atoms with Gasteiger partial charge in [0.25, 0.3) is 5.91 Å². The van der Waals surface area contributed by atoms with Gasteiger partial charge in [-0.2, -0.15) is 13.5 Å². The van der Waals surface area contributed by atoms with Gasteiger partial charge < -0.3 is 10.8 Å². The van der Waals surface area contributed by atoms with Crippen LogP contribution in [0, 0.1) is 0 Å². The summed E-state index contributed by atoms with van der Waals surface area (Å²) < 4.78 is 0. The summed E-state index contributed by atoms with van der Waals surface area (Å²) in [4.78, 5) is 19.7. The van der Waals surface area contributed by atoms with Crippen molar-refractivity contribution in [3.05, 3.63) is 0 Å². The fourth-order valence-corrected chi connectivity index (χ4v) is 0.177. The van der Waals surface area contributed by atoms with E-state index in [2.05, 4.69) is 5.73 Å². The van der Waals surface area contributed by atoms with Gasteiger partial charge in [-0.1, -0.05) is 0 Å². The van der Waals surface area contributed by atoms with Crippen LogP contribution in [-0.4, -0.2) is 53.2 Å². The first-order valence-electron chi connectivity index (χ1n) is 1.87. The van der Waals surface area contributed by atoms with Gasteiger partial charge >= 0.3 is 35.6 Å². The van der Waals surface area contributed by atoms with E-state index in [1.165, 1.54) is 0 Å². The van der Waals surface area contributed by atoms with E-state index in [-0.39, 0.29) is 43.1 Å². The van der Waals surface area contributed by atoms with Crippen molar-refractivity contribution in [2.45, 2.75) is 0 Å². The zero-order valence-electron chi connectivity index (χ0n) is 4.55. The van der Waals surface area contributed by atoms with E-state index in [1.54, 1.807) is 5.32 Å². The third kappa shape index (κ3) is 11.1. The van der Waals surface area contributed by atoms with Crippen LogP contribution in [0.1, 0.15) is 0 Å². The van der Waals surface area contributed by atoms with Crippen molar-refractivity contribution < 1.29 is 14.7 Å². The summed E-state index contributed by atoms with van der Waals surface area (Å²) >= 11 is 0. The monoisotopic (exact) mass is 176 g/mol. The van der Waals surface area contributed by atoms with Gasteiger partial charge in [-0.25, -0.2) is 4.79 Å². The molecule has 56 valence electrons. The number of amides is 3. The van der Waals surface area contributed by atoms with Crippen molar-refractivity contribution in [3.8, 4) is 0 Å². The summed E-state index contributed by atoms with van der Waals surface area (Å²) in [6.07, 6.45) is 0. The van der Waals surface area contributed by atoms with Crippen LogP contribution in [0.5, 0.6) is 0 Å². The molecule has 3 amide bonds. The van der Waals surface area contributed by atoms with Gasteiger partial charge in [-0.15, -0.1) is 0 Å². The molecule has 0 aromatic rings. The van der Waals surface area contributed by atoms with Crippen LogP contribution in [0.4, 0.5) is 4.79 Å². The minimum absolute atomic E-state index is 0. The normalized spacial score (nSPS) is 6.50. The number of rotatable bonds is 1. The predicted octanol–water partition coefficient (Wildman–Crippen LogP) is -2.36. The summed E-state index contributed by atoms with van der Waals surface area (Å²) in [5.74, 6) is -0.794. The second-order valence-corrected chi connectivity index (χ2v) is 1.07. The Bertz CT molecular complexity index is 120. The summed E-state index contributed by atoms with van der Waals surface area (Å²) in [6, 6.07) is -0.955. The molecule has 0 rings (SSSR count). The fraction of sp³-hybridized carbons (Fsp3) is 0.333. The van der Waals surface area contributed by atoms with Gasteiger partial charge in [-0.05, 0) is 0 Å². The fourth-order valence-electron chi connectivity index (χ4n) is 0.177. The molecular weight excluding hydrogens is 167 g/mol. The molecule has 0 aliphatic carbocycles. The number of urea groups is 1. The van der Waals surface area contributed by atoms with Crippen LogP contribution in [0.2, 0.25) is 0 Å². The summed E-state index contributed by atoms with van der Waals surface area (Å²) in [7, 11) is 0. The molecule has 0 unspecified atom stereocenters. The molecular formula is C3H9N2NaO3S. The average molecular weight is 176 g/mol. The molecule has 0 aromatic heterocycles. The van der Waals surface area contributed by atoms with Crippen molar-refractivity contribution in [2.24, 2.45) is 5.73 Å². The number of aliphatic hydroxyl groups is 1. The van der Waals surface area contributed by atoms with E-state index >= 15 is 0 Å². The number of primary amides is 1. The molecule has 5 nitrogen and oxygen atoms in total. The standard InChI is InChI=1S/C3H6N2O3.Na.H2S.H/c4-3(8)5-2(7)1-6;;;/h6H,1H2,(H3,4,5,7,8);;1H2;. The molecule has 0 saturated carbocycles. The number of aliphatic hydroxyl groups excluding tert-OH is 1. The van der Waals surface area contributed by atoms with Crippen LogP contribution >= 0.6 is 13.5 Å². The molecule has 0 fully saturated rings. The minimum atomic E-state index is -0.955. The topological polar surface area (TPSA) is 92.4 Å². The molecule has 0 heterocycles. The third-order valence-corrected chi connectivity index (χ3v) is 0.406. The number of carbonyl (C=O) groups is 2. The van der Waals surface area contributed by atoms with Crippen molar-refractivity contribution in [1.29, 1.82) is 0 Å². The zero-order valence-corrected chi connectivity index (χ0v) is 5.55. The molecule has 0 atom stereocenters. The summed E-state index contributed by atoms with van der Waals surface area (Å²) in [5, 5.41) is 9.61. The first-order chi connectivity index (χ1) is 3.66. The Labute approximate surface area is 87.1 Å². The van der Waals surface area contributed by atoms with E-state index in [0.29, 0.717) is 0 Å². The first-order valence-corrected chi connectivity index (χ1v) is 1.87. The van der Waals surface area contributed by atoms with E-state index in [9.17, 15) is 9.59 Å². The van der Waals surface area contributed by atoms with Crippen LogP contribution in [0.3, 0.4) is 0 Å². The molecule has 7 heteroatoms. The second-order valence-electron chi connectivity index (χ2n) is 1.07. The van der Waals surface area contributed by atoms with E-state index in [4.69, 9.17) is 5.11 Å². The Hall–Kier alpha value is 0.250. The number of nitrogens with two attached hydrogens (primary N) is 1. The Morgan fingerprint density at radius 2 is 1.90 bits per heavy atom. The SMILES string of the molecule is NC(=O)NC(=O)CO.S.[NaH]. The van der Waals surface area contributed by atoms with Gasteiger partial charge in [-0.3, -0.25) is 10.1 Å². The molecule has 4 N–H and O–H groups in total. The molecule has 0 spiro atoms. The Morgan fingerprint density at radius 3 is 2.00 bits per heavy atom. The number of hydrogen-bond acceptors (Lipinski definition) is 3. The van der Waals surface area contributed by atoms with Crippen molar-refractivity contribution in [3.63, 3.8) is 0 Å². The van der Waals surface area contributed by atoms with Crippen molar-refractivity contribution >= 4 is 55.0 Å². The third-order valence-electron chi connectivity index (χ3n) is 0.406. The molecule has 0 aliphatic rings. The predicted molar refractivity (Wildman–Crippen MR) is 42.3 cm³/mol.